The Hall–Kier alpha value is -1.88. The zero-order valence-electron chi connectivity index (χ0n) is 8.58. The molecule has 0 aromatic heterocycles. The lowest BCUT2D eigenvalue weighted by Crippen LogP contribution is -2.22. The number of anilines is 1. The Morgan fingerprint density at radius 1 is 1.44 bits per heavy atom. The van der Waals surface area contributed by atoms with Crippen LogP contribution in [0, 0.1) is 0 Å². The third kappa shape index (κ3) is 1.90. The van der Waals surface area contributed by atoms with Gasteiger partial charge < -0.3 is 15.1 Å². The lowest BCUT2D eigenvalue weighted by atomic mass is 10.1. The summed E-state index contributed by atoms with van der Waals surface area (Å²) in [6.45, 7) is 1.40. The van der Waals surface area contributed by atoms with Gasteiger partial charge in [-0.1, -0.05) is 18.2 Å². The zero-order chi connectivity index (χ0) is 11.5. The number of carbonyl (C=O) groups is 1. The maximum absolute atomic E-state index is 10.8. The van der Waals surface area contributed by atoms with Crippen molar-refractivity contribution in [2.45, 2.75) is 6.10 Å². The van der Waals surface area contributed by atoms with Crippen molar-refractivity contribution in [3.63, 3.8) is 0 Å². The van der Waals surface area contributed by atoms with E-state index >= 15 is 0 Å². The maximum Gasteiger partial charge on any atom is 0.337 e. The largest absolute Gasteiger partial charge is 0.479 e. The number of carboxylic acid groups (broad SMARTS) is 1. The van der Waals surface area contributed by atoms with Gasteiger partial charge in [0.2, 0.25) is 0 Å². The minimum atomic E-state index is -1.50. The monoisotopic (exact) mass is 220 g/mol. The second-order valence-electron chi connectivity index (χ2n) is 3.51. The first-order chi connectivity index (χ1) is 7.70. The summed E-state index contributed by atoms with van der Waals surface area (Å²) in [5.41, 5.74) is 1.09. The van der Waals surface area contributed by atoms with Crippen molar-refractivity contribution in [2.24, 2.45) is 4.99 Å². The average Bonchev–Trinajstić information content (AvgIpc) is 2.81. The molecule has 84 valence electrons. The van der Waals surface area contributed by atoms with Gasteiger partial charge >= 0.3 is 5.97 Å². The smallest absolute Gasteiger partial charge is 0.337 e. The molecule has 1 heterocycles. The standard InChI is InChI=1S/C11H12N2O3/c14-10(11(15)16)8-3-1-2-4-9(8)13-6-5-12-7-13/h1-4,7,10,14H,5-6H2,(H,15,16). The lowest BCUT2D eigenvalue weighted by molar-refractivity contribution is -0.146. The normalized spacial score (nSPS) is 16.4. The number of nitrogens with zero attached hydrogens (tertiary/aromatic N) is 2. The molecule has 0 radical (unpaired) electrons. The fourth-order valence-electron chi connectivity index (χ4n) is 1.68. The highest BCUT2D eigenvalue weighted by Crippen LogP contribution is 2.26. The molecule has 0 saturated carbocycles. The molecule has 5 nitrogen and oxygen atoms in total. The minimum absolute atomic E-state index is 0.392. The van der Waals surface area contributed by atoms with Gasteiger partial charge in [0.05, 0.1) is 12.9 Å². The molecular weight excluding hydrogens is 208 g/mol. The Kier molecular flexibility index (Phi) is 2.87. The minimum Gasteiger partial charge on any atom is -0.479 e. The number of benzene rings is 1. The fraction of sp³-hybridized carbons (Fsp3) is 0.273. The van der Waals surface area contributed by atoms with E-state index in [4.69, 9.17) is 5.11 Å². The Morgan fingerprint density at radius 2 is 2.19 bits per heavy atom. The van der Waals surface area contributed by atoms with Crippen LogP contribution >= 0.6 is 0 Å². The summed E-state index contributed by atoms with van der Waals surface area (Å²) >= 11 is 0. The van der Waals surface area contributed by atoms with Gasteiger partial charge in [-0.3, -0.25) is 4.99 Å². The Morgan fingerprint density at radius 3 is 2.81 bits per heavy atom. The summed E-state index contributed by atoms with van der Waals surface area (Å²) < 4.78 is 0. The molecule has 1 unspecified atom stereocenters. The van der Waals surface area contributed by atoms with Gasteiger partial charge in [-0.25, -0.2) is 4.79 Å². The molecule has 0 spiro atoms. The predicted molar refractivity (Wildman–Crippen MR) is 59.7 cm³/mol. The molecule has 2 rings (SSSR count). The Bertz CT molecular complexity index is 410. The highest BCUT2D eigenvalue weighted by Gasteiger charge is 2.22. The first-order valence-corrected chi connectivity index (χ1v) is 4.96. The molecule has 1 aliphatic rings. The molecule has 1 aliphatic heterocycles. The van der Waals surface area contributed by atoms with Crippen LogP contribution in [0.15, 0.2) is 29.3 Å². The van der Waals surface area contributed by atoms with Gasteiger partial charge in [-0.05, 0) is 6.07 Å². The van der Waals surface area contributed by atoms with Crippen LogP contribution in [0.2, 0.25) is 0 Å². The third-order valence-corrected chi connectivity index (χ3v) is 2.47. The highest BCUT2D eigenvalue weighted by atomic mass is 16.4. The molecule has 5 heteroatoms. The van der Waals surface area contributed by atoms with E-state index < -0.39 is 12.1 Å². The number of rotatable bonds is 3. The van der Waals surface area contributed by atoms with Crippen molar-refractivity contribution in [1.82, 2.24) is 0 Å². The number of aliphatic hydroxyl groups is 1. The molecule has 0 saturated heterocycles. The van der Waals surface area contributed by atoms with E-state index in [2.05, 4.69) is 4.99 Å². The number of hydrogen-bond acceptors (Lipinski definition) is 4. The van der Waals surface area contributed by atoms with Gasteiger partial charge in [0.15, 0.2) is 6.10 Å². The molecule has 1 aromatic rings. The van der Waals surface area contributed by atoms with Crippen molar-refractivity contribution in [3.8, 4) is 0 Å². The van der Waals surface area contributed by atoms with Crippen LogP contribution in [0.3, 0.4) is 0 Å². The van der Waals surface area contributed by atoms with E-state index in [1.807, 2.05) is 4.90 Å². The summed E-state index contributed by atoms with van der Waals surface area (Å²) in [7, 11) is 0. The summed E-state index contributed by atoms with van der Waals surface area (Å²) in [6.07, 6.45) is 0.165. The Labute approximate surface area is 92.7 Å². The second-order valence-corrected chi connectivity index (χ2v) is 3.51. The van der Waals surface area contributed by atoms with E-state index in [1.165, 1.54) is 0 Å². The number of aliphatic imine (C=N–C) groups is 1. The number of carboxylic acids is 1. The van der Waals surface area contributed by atoms with Crippen LogP contribution < -0.4 is 4.90 Å². The zero-order valence-corrected chi connectivity index (χ0v) is 8.58. The first kappa shape index (κ1) is 10.6. The second kappa shape index (κ2) is 4.32. The van der Waals surface area contributed by atoms with E-state index in [1.54, 1.807) is 30.6 Å². The van der Waals surface area contributed by atoms with Crippen molar-refractivity contribution in [2.75, 3.05) is 18.0 Å². The molecular formula is C11H12N2O3. The molecule has 1 atom stereocenters. The van der Waals surface area contributed by atoms with Gasteiger partial charge in [-0.15, -0.1) is 0 Å². The molecule has 16 heavy (non-hydrogen) atoms. The summed E-state index contributed by atoms with van der Waals surface area (Å²) in [5.74, 6) is -1.25. The van der Waals surface area contributed by atoms with Crippen LogP contribution in [-0.2, 0) is 4.79 Å². The fourth-order valence-corrected chi connectivity index (χ4v) is 1.68. The van der Waals surface area contributed by atoms with Crippen molar-refractivity contribution in [1.29, 1.82) is 0 Å². The summed E-state index contributed by atoms with van der Waals surface area (Å²) in [5, 5.41) is 18.4. The van der Waals surface area contributed by atoms with Crippen LogP contribution in [0.4, 0.5) is 5.69 Å². The Balaban J connectivity index is 2.37. The number of aliphatic hydroxyl groups excluding tert-OH is 1. The van der Waals surface area contributed by atoms with E-state index in [0.29, 0.717) is 24.3 Å². The molecule has 1 aromatic carbocycles. The van der Waals surface area contributed by atoms with Gasteiger partial charge in [-0.2, -0.15) is 0 Å². The maximum atomic E-state index is 10.8. The number of para-hydroxylation sites is 1. The number of hydrogen-bond donors (Lipinski definition) is 2. The van der Waals surface area contributed by atoms with Crippen molar-refractivity contribution in [3.05, 3.63) is 29.8 Å². The quantitative estimate of drug-likeness (QED) is 0.784. The van der Waals surface area contributed by atoms with Crippen LogP contribution in [0.5, 0.6) is 0 Å². The lowest BCUT2D eigenvalue weighted by Gasteiger charge is -2.19. The SMILES string of the molecule is O=C(O)C(O)c1ccccc1N1C=NCC1. The summed E-state index contributed by atoms with van der Waals surface area (Å²) in [6, 6.07) is 6.90. The van der Waals surface area contributed by atoms with Crippen LogP contribution in [-0.4, -0.2) is 35.6 Å². The van der Waals surface area contributed by atoms with Gasteiger partial charge in [0, 0.05) is 17.8 Å². The van der Waals surface area contributed by atoms with E-state index in [-0.39, 0.29) is 0 Å². The predicted octanol–water partition coefficient (Wildman–Crippen LogP) is 0.653. The molecule has 0 aliphatic carbocycles. The van der Waals surface area contributed by atoms with Crippen molar-refractivity contribution >= 4 is 18.0 Å². The number of aliphatic carboxylic acids is 1. The van der Waals surface area contributed by atoms with E-state index in [0.717, 1.165) is 0 Å². The third-order valence-electron chi connectivity index (χ3n) is 2.47. The van der Waals surface area contributed by atoms with Crippen LogP contribution in [0.25, 0.3) is 0 Å². The molecule has 0 bridgehead atoms. The molecule has 0 fully saturated rings. The average molecular weight is 220 g/mol. The molecule has 2 N–H and O–H groups in total. The van der Waals surface area contributed by atoms with E-state index in [9.17, 15) is 9.90 Å². The van der Waals surface area contributed by atoms with Gasteiger partial charge in [0.1, 0.15) is 0 Å². The van der Waals surface area contributed by atoms with Crippen molar-refractivity contribution < 1.29 is 15.0 Å². The first-order valence-electron chi connectivity index (χ1n) is 4.96. The molecule has 0 amide bonds. The summed E-state index contributed by atoms with van der Waals surface area (Å²) in [4.78, 5) is 16.7. The highest BCUT2D eigenvalue weighted by molar-refractivity contribution is 5.85. The topological polar surface area (TPSA) is 73.1 Å². The van der Waals surface area contributed by atoms with Gasteiger partial charge in [0.25, 0.3) is 0 Å². The van der Waals surface area contributed by atoms with Crippen LogP contribution in [0.1, 0.15) is 11.7 Å².